The van der Waals surface area contributed by atoms with Crippen LogP contribution < -0.4 is 10.6 Å². The molecule has 0 fully saturated rings. The number of halogens is 1. The molecule has 1 aromatic carbocycles. The van der Waals surface area contributed by atoms with E-state index in [0.717, 1.165) is 38.7 Å². The van der Waals surface area contributed by atoms with Gasteiger partial charge in [0.05, 0.1) is 0 Å². The van der Waals surface area contributed by atoms with Crippen molar-refractivity contribution in [3.8, 4) is 0 Å². The second kappa shape index (κ2) is 11.7. The zero-order chi connectivity index (χ0) is 16.4. The molecule has 0 heterocycles. The summed E-state index contributed by atoms with van der Waals surface area (Å²) in [4.78, 5) is 4.27. The fraction of sp³-hybridized carbons (Fsp3) is 0.611. The molecule has 0 amide bonds. The molecule has 23 heavy (non-hydrogen) atoms. The van der Waals surface area contributed by atoms with Crippen molar-refractivity contribution < 1.29 is 4.74 Å². The van der Waals surface area contributed by atoms with E-state index in [1.54, 1.807) is 7.05 Å². The summed E-state index contributed by atoms with van der Waals surface area (Å²) in [5, 5.41) is 6.73. The average Bonchev–Trinajstić information content (AvgIpc) is 2.50. The Bertz CT molecular complexity index is 458. The second-order valence-electron chi connectivity index (χ2n) is 6.15. The molecule has 4 nitrogen and oxygen atoms in total. The van der Waals surface area contributed by atoms with E-state index in [9.17, 15) is 0 Å². The Labute approximate surface area is 158 Å². The van der Waals surface area contributed by atoms with Crippen molar-refractivity contribution in [2.24, 2.45) is 4.99 Å². The Hall–Kier alpha value is -0.820. The highest BCUT2D eigenvalue weighted by Crippen LogP contribution is 2.22. The summed E-state index contributed by atoms with van der Waals surface area (Å²) < 4.78 is 5.33. The maximum Gasteiger partial charge on any atom is 0.191 e. The number of rotatable bonds is 8. The van der Waals surface area contributed by atoms with Gasteiger partial charge in [-0.3, -0.25) is 4.99 Å². The molecule has 5 heteroatoms. The lowest BCUT2D eigenvalue weighted by atomic mass is 9.84. The average molecular weight is 433 g/mol. The molecule has 0 saturated carbocycles. The Kier molecular flexibility index (Phi) is 11.3. The summed E-state index contributed by atoms with van der Waals surface area (Å²) in [6.45, 7) is 11.9. The molecule has 0 atom stereocenters. The number of guanidine groups is 1. The zero-order valence-electron chi connectivity index (χ0n) is 15.1. The summed E-state index contributed by atoms with van der Waals surface area (Å²) in [5.74, 6) is 0.844. The number of nitrogens with zero attached hydrogens (tertiary/aromatic N) is 1. The first-order valence-corrected chi connectivity index (χ1v) is 8.09. The molecule has 0 aliphatic carbocycles. The van der Waals surface area contributed by atoms with E-state index in [2.05, 4.69) is 60.7 Å². The van der Waals surface area contributed by atoms with Crippen LogP contribution in [0.2, 0.25) is 0 Å². The third-order valence-corrected chi connectivity index (χ3v) is 3.72. The number of nitrogens with one attached hydrogen (secondary N) is 2. The van der Waals surface area contributed by atoms with Crippen LogP contribution in [0.15, 0.2) is 29.3 Å². The van der Waals surface area contributed by atoms with Gasteiger partial charge in [0.1, 0.15) is 0 Å². The Balaban J connectivity index is 0.00000484. The fourth-order valence-corrected chi connectivity index (χ4v) is 2.16. The lowest BCUT2D eigenvalue weighted by molar-refractivity contribution is 0.145. The van der Waals surface area contributed by atoms with Gasteiger partial charge in [-0.05, 0) is 25.8 Å². The van der Waals surface area contributed by atoms with Gasteiger partial charge in [-0.2, -0.15) is 0 Å². The second-order valence-corrected chi connectivity index (χ2v) is 6.15. The van der Waals surface area contributed by atoms with Crippen LogP contribution in [-0.2, 0) is 10.2 Å². The number of benzene rings is 1. The van der Waals surface area contributed by atoms with Crippen molar-refractivity contribution in [1.29, 1.82) is 0 Å². The summed E-state index contributed by atoms with van der Waals surface area (Å²) in [5.41, 5.74) is 2.67. The van der Waals surface area contributed by atoms with Crippen LogP contribution in [0.4, 0.5) is 0 Å². The van der Waals surface area contributed by atoms with Crippen LogP contribution in [0.1, 0.15) is 38.3 Å². The van der Waals surface area contributed by atoms with Crippen molar-refractivity contribution in [2.75, 3.05) is 33.4 Å². The summed E-state index contributed by atoms with van der Waals surface area (Å²) >= 11 is 0. The molecule has 132 valence electrons. The minimum absolute atomic E-state index is 0. The topological polar surface area (TPSA) is 45.6 Å². The maximum absolute atomic E-state index is 5.33. The smallest absolute Gasteiger partial charge is 0.191 e. The van der Waals surface area contributed by atoms with Gasteiger partial charge in [0.2, 0.25) is 0 Å². The molecule has 0 bridgehead atoms. The van der Waals surface area contributed by atoms with Gasteiger partial charge >= 0.3 is 0 Å². The van der Waals surface area contributed by atoms with E-state index < -0.39 is 0 Å². The molecule has 0 aliphatic rings. The normalized spacial score (nSPS) is 11.8. The lowest BCUT2D eigenvalue weighted by Gasteiger charge is -2.27. The van der Waals surface area contributed by atoms with Crippen molar-refractivity contribution >= 4 is 29.9 Å². The molecule has 0 aromatic heterocycles. The third-order valence-electron chi connectivity index (χ3n) is 3.72. The SMILES string of the molecule is CCOCCCNC(=NC)NCC(C)(C)c1ccc(C)cc1.I. The Morgan fingerprint density at radius 3 is 2.39 bits per heavy atom. The summed E-state index contributed by atoms with van der Waals surface area (Å²) in [6, 6.07) is 8.74. The molecule has 0 unspecified atom stereocenters. The molecular formula is C18H32IN3O. The molecule has 1 rings (SSSR count). The van der Waals surface area contributed by atoms with E-state index in [1.807, 2.05) is 6.92 Å². The zero-order valence-corrected chi connectivity index (χ0v) is 17.4. The van der Waals surface area contributed by atoms with Gasteiger partial charge in [0.15, 0.2) is 5.96 Å². The predicted molar refractivity (Wildman–Crippen MR) is 110 cm³/mol. The fourth-order valence-electron chi connectivity index (χ4n) is 2.16. The van der Waals surface area contributed by atoms with Gasteiger partial charge in [0, 0.05) is 38.8 Å². The van der Waals surface area contributed by atoms with E-state index in [1.165, 1.54) is 11.1 Å². The Morgan fingerprint density at radius 2 is 1.83 bits per heavy atom. The van der Waals surface area contributed by atoms with Crippen LogP contribution >= 0.6 is 24.0 Å². The van der Waals surface area contributed by atoms with Crippen LogP contribution in [0, 0.1) is 6.92 Å². The van der Waals surface area contributed by atoms with Gasteiger partial charge in [-0.1, -0.05) is 43.7 Å². The standard InChI is InChI=1S/C18H31N3O.HI/c1-6-22-13-7-12-20-17(19-5)21-14-18(3,4)16-10-8-15(2)9-11-16;/h8-11H,6-7,12-14H2,1-5H3,(H2,19,20,21);1H. The van der Waals surface area contributed by atoms with Crippen LogP contribution in [0.3, 0.4) is 0 Å². The molecule has 0 spiro atoms. The molecule has 0 aliphatic heterocycles. The highest BCUT2D eigenvalue weighted by Gasteiger charge is 2.20. The molecule has 0 radical (unpaired) electrons. The largest absolute Gasteiger partial charge is 0.382 e. The minimum Gasteiger partial charge on any atom is -0.382 e. The quantitative estimate of drug-likeness (QED) is 0.286. The van der Waals surface area contributed by atoms with Crippen LogP contribution in [0.25, 0.3) is 0 Å². The predicted octanol–water partition coefficient (Wildman–Crippen LogP) is 3.48. The van der Waals surface area contributed by atoms with Crippen molar-refractivity contribution in [3.63, 3.8) is 0 Å². The first kappa shape index (κ1) is 22.2. The van der Waals surface area contributed by atoms with E-state index in [4.69, 9.17) is 4.74 Å². The van der Waals surface area contributed by atoms with Gasteiger partial charge in [-0.25, -0.2) is 0 Å². The van der Waals surface area contributed by atoms with Crippen molar-refractivity contribution in [2.45, 2.75) is 39.5 Å². The summed E-state index contributed by atoms with van der Waals surface area (Å²) in [6.07, 6.45) is 0.982. The molecular weight excluding hydrogens is 401 g/mol. The Morgan fingerprint density at radius 1 is 1.17 bits per heavy atom. The number of hydrogen-bond donors (Lipinski definition) is 2. The maximum atomic E-state index is 5.33. The number of ether oxygens (including phenoxy) is 1. The van der Waals surface area contributed by atoms with Gasteiger partial charge in [-0.15, -0.1) is 24.0 Å². The third kappa shape index (κ3) is 8.55. The first-order chi connectivity index (χ1) is 10.5. The monoisotopic (exact) mass is 433 g/mol. The van der Waals surface area contributed by atoms with Crippen LogP contribution in [0.5, 0.6) is 0 Å². The minimum atomic E-state index is 0. The van der Waals surface area contributed by atoms with E-state index in [0.29, 0.717) is 0 Å². The number of hydrogen-bond acceptors (Lipinski definition) is 2. The summed E-state index contributed by atoms with van der Waals surface area (Å²) in [7, 11) is 1.80. The molecule has 2 N–H and O–H groups in total. The van der Waals surface area contributed by atoms with Gasteiger partial charge < -0.3 is 15.4 Å². The lowest BCUT2D eigenvalue weighted by Crippen LogP contribution is -2.43. The van der Waals surface area contributed by atoms with Gasteiger partial charge in [0.25, 0.3) is 0 Å². The van der Waals surface area contributed by atoms with E-state index >= 15 is 0 Å². The number of aryl methyl sites for hydroxylation is 1. The molecule has 1 aromatic rings. The highest BCUT2D eigenvalue weighted by molar-refractivity contribution is 14.0. The first-order valence-electron chi connectivity index (χ1n) is 8.09. The molecule has 0 saturated heterocycles. The van der Waals surface area contributed by atoms with Crippen molar-refractivity contribution in [1.82, 2.24) is 10.6 Å². The number of aliphatic imine (C=N–C) groups is 1. The van der Waals surface area contributed by atoms with Crippen LogP contribution in [-0.4, -0.2) is 39.3 Å². The van der Waals surface area contributed by atoms with Crippen molar-refractivity contribution in [3.05, 3.63) is 35.4 Å². The highest BCUT2D eigenvalue weighted by atomic mass is 127. The van der Waals surface area contributed by atoms with E-state index in [-0.39, 0.29) is 29.4 Å².